The smallest absolute Gasteiger partial charge is 0.329 e. The lowest BCUT2D eigenvalue weighted by molar-refractivity contribution is -0.530. The molecule has 3 rings (SSSR count). The SMILES string of the molecule is C[NH2+]C(=CC=N)c1cc(N)c2c(c1)n(Cc1ccccc1)c(=O)n2C. The Morgan fingerprint density at radius 3 is 2.64 bits per heavy atom. The molecule has 2 aromatic carbocycles. The third-order valence-corrected chi connectivity index (χ3v) is 4.35. The van der Waals surface area contributed by atoms with Crippen LogP contribution in [0.5, 0.6) is 0 Å². The van der Waals surface area contributed by atoms with Crippen molar-refractivity contribution in [2.45, 2.75) is 6.54 Å². The Labute approximate surface area is 145 Å². The fraction of sp³-hybridized carbons (Fsp3) is 0.158. The van der Waals surface area contributed by atoms with Crippen molar-refractivity contribution in [3.8, 4) is 0 Å². The van der Waals surface area contributed by atoms with Gasteiger partial charge in [0.1, 0.15) is 5.70 Å². The molecule has 0 saturated carbocycles. The Hall–Kier alpha value is -3.12. The zero-order valence-electron chi connectivity index (χ0n) is 14.4. The van der Waals surface area contributed by atoms with Gasteiger partial charge in [-0.2, -0.15) is 0 Å². The van der Waals surface area contributed by atoms with Gasteiger partial charge in [-0.1, -0.05) is 30.3 Å². The summed E-state index contributed by atoms with van der Waals surface area (Å²) in [5, 5.41) is 9.24. The average molecular weight is 336 g/mol. The molecule has 0 amide bonds. The second kappa shape index (κ2) is 6.78. The highest BCUT2D eigenvalue weighted by molar-refractivity contribution is 5.92. The van der Waals surface area contributed by atoms with Crippen molar-refractivity contribution < 1.29 is 5.32 Å². The van der Waals surface area contributed by atoms with Crippen LogP contribution in [0.3, 0.4) is 0 Å². The van der Waals surface area contributed by atoms with Gasteiger partial charge in [0.25, 0.3) is 0 Å². The summed E-state index contributed by atoms with van der Waals surface area (Å²) in [5.41, 5.74) is 11.1. The van der Waals surface area contributed by atoms with Crippen LogP contribution in [0.25, 0.3) is 16.7 Å². The first kappa shape index (κ1) is 16.7. The average Bonchev–Trinajstić information content (AvgIpc) is 2.85. The van der Waals surface area contributed by atoms with Crippen molar-refractivity contribution in [3.63, 3.8) is 0 Å². The highest BCUT2D eigenvalue weighted by Crippen LogP contribution is 2.25. The Bertz CT molecular complexity index is 1010. The largest absolute Gasteiger partial charge is 0.397 e. The first-order valence-electron chi connectivity index (χ1n) is 8.10. The molecule has 25 heavy (non-hydrogen) atoms. The minimum Gasteiger partial charge on any atom is -0.397 e. The minimum absolute atomic E-state index is 0.0965. The number of aryl methyl sites for hydroxylation is 1. The van der Waals surface area contributed by atoms with E-state index < -0.39 is 0 Å². The number of quaternary nitrogens is 1. The number of imidazole rings is 1. The highest BCUT2D eigenvalue weighted by Gasteiger charge is 2.16. The first-order valence-corrected chi connectivity index (χ1v) is 8.10. The zero-order valence-corrected chi connectivity index (χ0v) is 14.4. The second-order valence-electron chi connectivity index (χ2n) is 5.92. The van der Waals surface area contributed by atoms with E-state index in [0.29, 0.717) is 12.2 Å². The summed E-state index contributed by atoms with van der Waals surface area (Å²) in [6.07, 6.45) is 2.96. The maximum Gasteiger partial charge on any atom is 0.329 e. The van der Waals surface area contributed by atoms with Gasteiger partial charge in [-0.25, -0.2) is 4.79 Å². The molecule has 0 aliphatic carbocycles. The first-order chi connectivity index (χ1) is 12.1. The number of aromatic nitrogens is 2. The van der Waals surface area contributed by atoms with E-state index in [1.165, 1.54) is 6.21 Å². The lowest BCUT2D eigenvalue weighted by Crippen LogP contribution is -2.76. The summed E-state index contributed by atoms with van der Waals surface area (Å²) in [6, 6.07) is 13.7. The molecule has 0 saturated heterocycles. The van der Waals surface area contributed by atoms with Crippen LogP contribution >= 0.6 is 0 Å². The fourth-order valence-electron chi connectivity index (χ4n) is 3.13. The van der Waals surface area contributed by atoms with Crippen LogP contribution in [0.15, 0.2) is 53.3 Å². The van der Waals surface area contributed by atoms with E-state index in [2.05, 4.69) is 0 Å². The monoisotopic (exact) mass is 336 g/mol. The van der Waals surface area contributed by atoms with Crippen molar-refractivity contribution in [3.05, 3.63) is 70.2 Å². The van der Waals surface area contributed by atoms with Crippen LogP contribution in [0.2, 0.25) is 0 Å². The molecule has 1 aromatic heterocycles. The van der Waals surface area contributed by atoms with Gasteiger partial charge in [0.15, 0.2) is 0 Å². The molecule has 0 aliphatic heterocycles. The molecule has 128 valence electrons. The molecule has 0 spiro atoms. The lowest BCUT2D eigenvalue weighted by atomic mass is 10.1. The number of benzene rings is 2. The fourth-order valence-corrected chi connectivity index (χ4v) is 3.13. The topological polar surface area (TPSA) is 93.4 Å². The molecule has 0 aliphatic rings. The number of nitrogen functional groups attached to an aromatic ring is 1. The van der Waals surface area contributed by atoms with E-state index in [0.717, 1.165) is 27.9 Å². The maximum atomic E-state index is 12.7. The summed E-state index contributed by atoms with van der Waals surface area (Å²) in [6.45, 7) is 0.485. The van der Waals surface area contributed by atoms with Crippen molar-refractivity contribution in [1.29, 1.82) is 5.41 Å². The number of anilines is 1. The van der Waals surface area contributed by atoms with Crippen LogP contribution in [-0.2, 0) is 13.6 Å². The molecular weight excluding hydrogens is 314 g/mol. The standard InChI is InChI=1S/C19H21N5O/c1-22-16(8-9-20)14-10-15(21)18-17(11-14)24(19(25)23(18)2)12-13-6-4-3-5-7-13/h3-11,20,22H,12,21H2,1-2H3/p+1. The normalized spacial score (nSPS) is 11.8. The van der Waals surface area contributed by atoms with E-state index in [4.69, 9.17) is 11.1 Å². The van der Waals surface area contributed by atoms with E-state index in [9.17, 15) is 4.79 Å². The number of nitrogens with two attached hydrogens (primary N) is 2. The van der Waals surface area contributed by atoms with E-state index >= 15 is 0 Å². The summed E-state index contributed by atoms with van der Waals surface area (Å²) in [7, 11) is 3.65. The molecule has 5 N–H and O–H groups in total. The molecular formula is C19H22N5O+. The summed E-state index contributed by atoms with van der Waals surface area (Å²) >= 11 is 0. The quantitative estimate of drug-likeness (QED) is 0.482. The Morgan fingerprint density at radius 1 is 1.28 bits per heavy atom. The molecule has 6 heteroatoms. The number of hydrogen-bond acceptors (Lipinski definition) is 3. The highest BCUT2D eigenvalue weighted by atomic mass is 16.1. The molecule has 3 aromatic rings. The molecule has 6 nitrogen and oxygen atoms in total. The van der Waals surface area contributed by atoms with E-state index in [1.54, 1.807) is 22.3 Å². The molecule has 0 radical (unpaired) electrons. The van der Waals surface area contributed by atoms with Gasteiger partial charge in [0.2, 0.25) is 0 Å². The van der Waals surface area contributed by atoms with Crippen LogP contribution in [0.1, 0.15) is 11.1 Å². The van der Waals surface area contributed by atoms with Crippen LogP contribution in [-0.4, -0.2) is 22.4 Å². The van der Waals surface area contributed by atoms with Crippen molar-refractivity contribution >= 4 is 28.6 Å². The Balaban J connectivity index is 2.25. The number of rotatable bonds is 5. The van der Waals surface area contributed by atoms with Crippen LogP contribution in [0, 0.1) is 5.41 Å². The van der Waals surface area contributed by atoms with Gasteiger partial charge in [-0.15, -0.1) is 0 Å². The summed E-state index contributed by atoms with van der Waals surface area (Å²) in [5.74, 6) is 0. The van der Waals surface area contributed by atoms with Gasteiger partial charge in [-0.3, -0.25) is 9.13 Å². The van der Waals surface area contributed by atoms with Crippen molar-refractivity contribution in [1.82, 2.24) is 9.13 Å². The number of hydrogen-bond donors (Lipinski definition) is 3. The van der Waals surface area contributed by atoms with Gasteiger partial charge < -0.3 is 16.5 Å². The lowest BCUT2D eigenvalue weighted by Gasteiger charge is -2.08. The maximum absolute atomic E-state index is 12.7. The van der Waals surface area contributed by atoms with Crippen LogP contribution in [0.4, 0.5) is 5.69 Å². The van der Waals surface area contributed by atoms with Gasteiger partial charge in [0, 0.05) is 24.9 Å². The van der Waals surface area contributed by atoms with Crippen molar-refractivity contribution in [2.75, 3.05) is 12.8 Å². The van der Waals surface area contributed by atoms with Gasteiger partial charge in [-0.05, 0) is 17.7 Å². The minimum atomic E-state index is -0.0965. The molecule has 1 heterocycles. The zero-order chi connectivity index (χ0) is 18.0. The Morgan fingerprint density at radius 2 is 2.00 bits per heavy atom. The molecule has 0 unspecified atom stereocenters. The van der Waals surface area contributed by atoms with Crippen LogP contribution < -0.4 is 16.7 Å². The predicted octanol–water partition coefficient (Wildman–Crippen LogP) is 1.15. The molecule has 0 bridgehead atoms. The summed E-state index contributed by atoms with van der Waals surface area (Å²) < 4.78 is 3.33. The molecule has 0 fully saturated rings. The Kier molecular flexibility index (Phi) is 4.54. The second-order valence-corrected chi connectivity index (χ2v) is 5.92. The number of fused-ring (bicyclic) bond motifs is 1. The third kappa shape index (κ3) is 2.99. The van der Waals surface area contributed by atoms with Gasteiger partial charge >= 0.3 is 5.69 Å². The number of nitrogens with one attached hydrogen (secondary N) is 1. The number of nitrogens with zero attached hydrogens (tertiary/aromatic N) is 2. The number of allylic oxidation sites excluding steroid dienone is 1. The van der Waals surface area contributed by atoms with Crippen molar-refractivity contribution in [2.24, 2.45) is 7.05 Å². The summed E-state index contributed by atoms with van der Waals surface area (Å²) in [4.78, 5) is 12.7. The van der Waals surface area contributed by atoms with E-state index in [-0.39, 0.29) is 5.69 Å². The van der Waals surface area contributed by atoms with Gasteiger partial charge in [0.05, 0.1) is 30.3 Å². The predicted molar refractivity (Wildman–Crippen MR) is 102 cm³/mol. The van der Waals surface area contributed by atoms with E-state index in [1.807, 2.05) is 54.8 Å². The third-order valence-electron chi connectivity index (χ3n) is 4.35. The molecule has 0 atom stereocenters.